The number of nitrogens with two attached hydrogens (primary N) is 1. The van der Waals surface area contributed by atoms with E-state index in [2.05, 4.69) is 4.72 Å². The van der Waals surface area contributed by atoms with Gasteiger partial charge in [-0.1, -0.05) is 23.8 Å². The van der Waals surface area contributed by atoms with Crippen LogP contribution in [0.2, 0.25) is 4.34 Å². The first-order valence-electron chi connectivity index (χ1n) is 5.59. The molecule has 0 aliphatic rings. The summed E-state index contributed by atoms with van der Waals surface area (Å²) in [5.41, 5.74) is 6.20. The van der Waals surface area contributed by atoms with Crippen molar-refractivity contribution >= 4 is 55.9 Å². The molecule has 0 saturated carbocycles. The van der Waals surface area contributed by atoms with E-state index in [0.29, 0.717) is 9.90 Å². The van der Waals surface area contributed by atoms with Crippen molar-refractivity contribution in [3.8, 4) is 0 Å². The van der Waals surface area contributed by atoms with Crippen LogP contribution >= 0.6 is 35.2 Å². The molecule has 112 valence electrons. The minimum absolute atomic E-state index is 0.0226. The Labute approximate surface area is 135 Å². The maximum atomic E-state index is 13.5. The molecule has 0 aliphatic heterocycles. The number of aryl methyl sites for hydroxylation is 1. The minimum atomic E-state index is -3.79. The monoisotopic (exact) mass is 364 g/mol. The second-order valence-corrected chi connectivity index (χ2v) is 8.19. The maximum Gasteiger partial charge on any atom is 0.271 e. The number of anilines is 1. The molecule has 1 aromatic heterocycles. The van der Waals surface area contributed by atoms with Crippen LogP contribution in [-0.2, 0) is 10.0 Å². The lowest BCUT2D eigenvalue weighted by molar-refractivity contribution is 0.603. The van der Waals surface area contributed by atoms with Crippen LogP contribution in [0.5, 0.6) is 0 Å². The molecule has 3 N–H and O–H groups in total. The van der Waals surface area contributed by atoms with Gasteiger partial charge in [0.2, 0.25) is 0 Å². The number of thiophene rings is 1. The number of thiocarbonyl (C=S) groups is 1. The molecule has 2 aromatic rings. The summed E-state index contributed by atoms with van der Waals surface area (Å²) in [6, 6.07) is 5.10. The van der Waals surface area contributed by atoms with Gasteiger partial charge in [-0.3, -0.25) is 4.72 Å². The number of benzene rings is 1. The predicted molar refractivity (Wildman–Crippen MR) is 87.2 cm³/mol. The van der Waals surface area contributed by atoms with Gasteiger partial charge in [0, 0.05) is 11.3 Å². The lowest BCUT2D eigenvalue weighted by Gasteiger charge is -2.08. The van der Waals surface area contributed by atoms with Gasteiger partial charge in [-0.25, -0.2) is 12.8 Å². The van der Waals surface area contributed by atoms with Crippen molar-refractivity contribution in [2.24, 2.45) is 5.73 Å². The molecule has 0 radical (unpaired) electrons. The third-order valence-electron chi connectivity index (χ3n) is 2.58. The first kappa shape index (κ1) is 16.2. The van der Waals surface area contributed by atoms with E-state index in [1.807, 2.05) is 0 Å². The first-order valence-corrected chi connectivity index (χ1v) is 8.67. The molecule has 1 heterocycles. The zero-order valence-corrected chi connectivity index (χ0v) is 13.9. The molecule has 4 nitrogen and oxygen atoms in total. The van der Waals surface area contributed by atoms with Gasteiger partial charge in [-0.15, -0.1) is 11.3 Å². The second-order valence-electron chi connectivity index (χ2n) is 4.19. The fraction of sp³-hybridized carbons (Fsp3) is 0.0833. The average molecular weight is 365 g/mol. The van der Waals surface area contributed by atoms with Gasteiger partial charge in [-0.2, -0.15) is 0 Å². The summed E-state index contributed by atoms with van der Waals surface area (Å²) < 4.78 is 40.7. The van der Waals surface area contributed by atoms with Crippen LogP contribution in [0.1, 0.15) is 11.1 Å². The Balaban J connectivity index is 2.37. The zero-order chi connectivity index (χ0) is 15.8. The molecule has 0 unspecified atom stereocenters. The lowest BCUT2D eigenvalue weighted by atomic mass is 10.2. The number of rotatable bonds is 4. The van der Waals surface area contributed by atoms with Crippen molar-refractivity contribution in [3.05, 3.63) is 45.5 Å². The normalized spacial score (nSPS) is 11.4. The lowest BCUT2D eigenvalue weighted by Crippen LogP contribution is -2.15. The molecule has 21 heavy (non-hydrogen) atoms. The highest BCUT2D eigenvalue weighted by atomic mass is 35.5. The molecule has 0 saturated heterocycles. The van der Waals surface area contributed by atoms with E-state index in [0.717, 1.165) is 17.4 Å². The molecule has 1 aromatic carbocycles. The molecule has 9 heteroatoms. The van der Waals surface area contributed by atoms with E-state index in [1.165, 1.54) is 18.2 Å². The van der Waals surface area contributed by atoms with Gasteiger partial charge in [0.25, 0.3) is 10.0 Å². The Morgan fingerprint density at radius 3 is 2.62 bits per heavy atom. The van der Waals surface area contributed by atoms with Gasteiger partial charge in [0.05, 0.1) is 4.34 Å². The Bertz CT molecular complexity index is 798. The summed E-state index contributed by atoms with van der Waals surface area (Å²) in [7, 11) is -3.79. The SMILES string of the molecule is Cc1cc(S(=O)(=O)Nc2ccc(F)c(C(N)=S)c2)sc1Cl. The molecule has 0 bridgehead atoms. The minimum Gasteiger partial charge on any atom is -0.389 e. The number of sulfonamides is 1. The molecular weight excluding hydrogens is 355 g/mol. The van der Waals surface area contributed by atoms with Crippen molar-refractivity contribution in [1.29, 1.82) is 0 Å². The Morgan fingerprint density at radius 2 is 2.10 bits per heavy atom. The number of halogens is 2. The van der Waals surface area contributed by atoms with E-state index < -0.39 is 15.8 Å². The smallest absolute Gasteiger partial charge is 0.271 e. The summed E-state index contributed by atoms with van der Waals surface area (Å²) in [5, 5.41) is 0. The zero-order valence-electron chi connectivity index (χ0n) is 10.7. The molecule has 0 spiro atoms. The largest absolute Gasteiger partial charge is 0.389 e. The molecule has 0 aliphatic carbocycles. The summed E-state index contributed by atoms with van der Waals surface area (Å²) in [6.45, 7) is 1.71. The molecule has 0 fully saturated rings. The molecular formula is C12H10ClFN2O2S3. The van der Waals surface area contributed by atoms with Crippen LogP contribution in [0, 0.1) is 12.7 Å². The van der Waals surface area contributed by atoms with Crippen LogP contribution in [0.25, 0.3) is 0 Å². The van der Waals surface area contributed by atoms with Crippen LogP contribution in [0.4, 0.5) is 10.1 Å². The van der Waals surface area contributed by atoms with Crippen LogP contribution in [-0.4, -0.2) is 13.4 Å². The first-order chi connectivity index (χ1) is 9.70. The van der Waals surface area contributed by atoms with E-state index in [9.17, 15) is 12.8 Å². The molecule has 0 atom stereocenters. The Morgan fingerprint density at radius 1 is 1.43 bits per heavy atom. The molecule has 0 amide bonds. The van der Waals surface area contributed by atoms with Crippen molar-refractivity contribution in [2.75, 3.05) is 4.72 Å². The summed E-state index contributed by atoms with van der Waals surface area (Å²) in [5.74, 6) is -0.611. The Hall–Kier alpha value is -1.22. The highest BCUT2D eigenvalue weighted by molar-refractivity contribution is 7.94. The molecule has 2 rings (SSSR count). The standard InChI is InChI=1S/C12H10ClFN2O2S3/c1-6-4-10(20-11(6)13)21(17,18)16-7-2-3-9(14)8(5-7)12(15)19/h2-5,16H,1H3,(H2,15,19). The quantitative estimate of drug-likeness (QED) is 0.816. The third kappa shape index (κ3) is 3.52. The topological polar surface area (TPSA) is 72.2 Å². The van der Waals surface area contributed by atoms with Crippen molar-refractivity contribution in [3.63, 3.8) is 0 Å². The van der Waals surface area contributed by atoms with Crippen LogP contribution < -0.4 is 10.5 Å². The van der Waals surface area contributed by atoms with E-state index in [4.69, 9.17) is 29.6 Å². The van der Waals surface area contributed by atoms with E-state index >= 15 is 0 Å². The number of nitrogens with one attached hydrogen (secondary N) is 1. The van der Waals surface area contributed by atoms with E-state index in [1.54, 1.807) is 6.92 Å². The van der Waals surface area contributed by atoms with Gasteiger partial charge in [0.1, 0.15) is 15.0 Å². The fourth-order valence-electron chi connectivity index (χ4n) is 1.55. The van der Waals surface area contributed by atoms with Crippen LogP contribution in [0.3, 0.4) is 0 Å². The van der Waals surface area contributed by atoms with Gasteiger partial charge < -0.3 is 5.73 Å². The summed E-state index contributed by atoms with van der Waals surface area (Å²) in [6.07, 6.45) is 0. The predicted octanol–water partition coefficient (Wildman–Crippen LogP) is 3.28. The highest BCUT2D eigenvalue weighted by Gasteiger charge is 2.19. The van der Waals surface area contributed by atoms with Crippen molar-refractivity contribution < 1.29 is 12.8 Å². The summed E-state index contributed by atoms with van der Waals surface area (Å²) in [4.78, 5) is -0.149. The van der Waals surface area contributed by atoms with Gasteiger partial charge in [-0.05, 0) is 36.8 Å². The van der Waals surface area contributed by atoms with Crippen molar-refractivity contribution in [2.45, 2.75) is 11.1 Å². The maximum absolute atomic E-state index is 13.5. The van der Waals surface area contributed by atoms with Crippen LogP contribution in [0.15, 0.2) is 28.5 Å². The number of hydrogen-bond donors (Lipinski definition) is 2. The highest BCUT2D eigenvalue weighted by Crippen LogP contribution is 2.31. The van der Waals surface area contributed by atoms with E-state index in [-0.39, 0.29) is 20.4 Å². The van der Waals surface area contributed by atoms with Gasteiger partial charge >= 0.3 is 0 Å². The summed E-state index contributed by atoms with van der Waals surface area (Å²) >= 11 is 11.5. The second kappa shape index (κ2) is 5.88. The number of hydrogen-bond acceptors (Lipinski definition) is 4. The third-order valence-corrected chi connectivity index (χ3v) is 6.21. The Kier molecular flexibility index (Phi) is 4.52. The van der Waals surface area contributed by atoms with Crippen molar-refractivity contribution in [1.82, 2.24) is 0 Å². The van der Waals surface area contributed by atoms with Gasteiger partial charge in [0.15, 0.2) is 0 Å². The average Bonchev–Trinajstić information content (AvgIpc) is 2.72. The fourth-order valence-corrected chi connectivity index (χ4v) is 4.46.